The van der Waals surface area contributed by atoms with E-state index in [0.29, 0.717) is 4.67 Å². The second kappa shape index (κ2) is 5.30. The molecule has 0 saturated carbocycles. The normalized spacial score (nSPS) is 10.3. The second-order valence-electron chi connectivity index (χ2n) is 2.45. The van der Waals surface area contributed by atoms with E-state index in [1.807, 2.05) is 0 Å². The molecule has 0 aliphatic rings. The van der Waals surface area contributed by atoms with Crippen LogP contribution in [0, 0.1) is 0 Å². The number of nitrogens with zero attached hydrogens (tertiary/aromatic N) is 2. The first-order valence-corrected chi connectivity index (χ1v) is 4.73. The molecule has 7 heteroatoms. The molecule has 1 aromatic heterocycles. The topological polar surface area (TPSA) is 79.0 Å². The van der Waals surface area contributed by atoms with Crippen molar-refractivity contribution in [1.29, 1.82) is 0 Å². The third-order valence-corrected chi connectivity index (χ3v) is 1.77. The highest BCUT2D eigenvalue weighted by Gasteiger charge is 2.10. The van der Waals surface area contributed by atoms with Crippen molar-refractivity contribution in [1.82, 2.24) is 10.7 Å². The monoisotopic (exact) mass is 272 g/mol. The fraction of sp³-hybridized carbons (Fsp3) is 0.125. The molecule has 1 aromatic rings. The van der Waals surface area contributed by atoms with Gasteiger partial charge in [0.1, 0.15) is 5.82 Å². The number of nitrogens with one attached hydrogen (secondary N) is 2. The highest BCUT2D eigenvalue weighted by atomic mass is 79.9. The quantitative estimate of drug-likeness (QED) is 0.648. The van der Waals surface area contributed by atoms with Crippen molar-refractivity contribution in [2.45, 2.75) is 0 Å². The van der Waals surface area contributed by atoms with E-state index in [0.717, 1.165) is 0 Å². The molecular weight excluding hydrogens is 264 g/mol. The number of carbonyl (C=O) groups excluding carboxylic acids is 1. The van der Waals surface area contributed by atoms with Crippen LogP contribution in [0.2, 0.25) is 0 Å². The lowest BCUT2D eigenvalue weighted by Crippen LogP contribution is -2.27. The van der Waals surface area contributed by atoms with Gasteiger partial charge in [-0.15, -0.1) is 0 Å². The van der Waals surface area contributed by atoms with Crippen molar-refractivity contribution < 1.29 is 9.21 Å². The second-order valence-corrected chi connectivity index (χ2v) is 3.23. The number of amides is 1. The van der Waals surface area contributed by atoms with Gasteiger partial charge in [0.05, 0.1) is 7.05 Å². The molecule has 0 saturated heterocycles. The van der Waals surface area contributed by atoms with E-state index in [2.05, 4.69) is 43.6 Å². The Morgan fingerprint density at radius 1 is 1.60 bits per heavy atom. The zero-order valence-electron chi connectivity index (χ0n) is 7.95. The van der Waals surface area contributed by atoms with Gasteiger partial charge in [0.15, 0.2) is 10.4 Å². The molecule has 1 amide bonds. The average molecular weight is 273 g/mol. The summed E-state index contributed by atoms with van der Waals surface area (Å²) in [7, 11) is 1.49. The van der Waals surface area contributed by atoms with E-state index in [1.54, 1.807) is 6.07 Å². The van der Waals surface area contributed by atoms with Crippen molar-refractivity contribution in [3.63, 3.8) is 0 Å². The predicted molar refractivity (Wildman–Crippen MR) is 56.9 cm³/mol. The molecule has 2 N–H and O–H groups in total. The summed E-state index contributed by atoms with van der Waals surface area (Å²) >= 11 is 3.09. The maximum Gasteiger partial charge on any atom is 0.292 e. The van der Waals surface area contributed by atoms with Gasteiger partial charge in [-0.25, -0.2) is 5.43 Å². The molecule has 0 spiro atoms. The lowest BCUT2D eigenvalue weighted by molar-refractivity contribution is 0.0934. The third-order valence-electron chi connectivity index (χ3n) is 1.35. The Kier molecular flexibility index (Phi) is 4.04. The SMILES string of the molecule is C=C(NN=NC)NC(=O)c1ccc(Br)o1. The van der Waals surface area contributed by atoms with Crippen LogP contribution in [0.4, 0.5) is 0 Å². The summed E-state index contributed by atoms with van der Waals surface area (Å²) in [6, 6.07) is 3.16. The average Bonchev–Trinajstić information content (AvgIpc) is 2.61. The lowest BCUT2D eigenvalue weighted by atomic mass is 10.4. The number of carbonyl (C=O) groups is 1. The van der Waals surface area contributed by atoms with Crippen LogP contribution in [0.25, 0.3) is 0 Å². The van der Waals surface area contributed by atoms with E-state index in [4.69, 9.17) is 4.42 Å². The fourth-order valence-corrected chi connectivity index (χ4v) is 1.08. The minimum atomic E-state index is -0.412. The molecule has 80 valence electrons. The Balaban J connectivity index is 2.52. The summed E-state index contributed by atoms with van der Waals surface area (Å²) in [5.41, 5.74) is 2.42. The molecule has 1 rings (SSSR count). The standard InChI is InChI=1S/C8H9BrN4O2/c1-5(12-13-10-2)11-8(14)6-3-4-7(9)15-6/h3-4H,1H2,2H3,(H,10,12)(H,11,14). The van der Waals surface area contributed by atoms with E-state index in [1.165, 1.54) is 13.1 Å². The first-order valence-electron chi connectivity index (χ1n) is 3.94. The van der Waals surface area contributed by atoms with Crippen LogP contribution in [0.15, 0.2) is 44.0 Å². The van der Waals surface area contributed by atoms with Crippen molar-refractivity contribution in [2.75, 3.05) is 7.05 Å². The summed E-state index contributed by atoms with van der Waals surface area (Å²) in [4.78, 5) is 11.4. The van der Waals surface area contributed by atoms with Crippen LogP contribution >= 0.6 is 15.9 Å². The largest absolute Gasteiger partial charge is 0.444 e. The predicted octanol–water partition coefficient (Wildman–Crippen LogP) is 1.83. The van der Waals surface area contributed by atoms with Crippen molar-refractivity contribution >= 4 is 21.8 Å². The Labute approximate surface area is 94.5 Å². The van der Waals surface area contributed by atoms with Gasteiger partial charge in [-0.1, -0.05) is 11.8 Å². The Bertz CT molecular complexity index is 399. The Hall–Kier alpha value is -1.63. The van der Waals surface area contributed by atoms with Gasteiger partial charge in [0.25, 0.3) is 5.91 Å². The van der Waals surface area contributed by atoms with Crippen LogP contribution in [-0.2, 0) is 0 Å². The molecular formula is C8H9BrN4O2. The smallest absolute Gasteiger partial charge is 0.292 e. The van der Waals surface area contributed by atoms with Gasteiger partial charge in [0.2, 0.25) is 0 Å². The molecule has 0 aliphatic heterocycles. The molecule has 0 fully saturated rings. The zero-order valence-corrected chi connectivity index (χ0v) is 9.54. The van der Waals surface area contributed by atoms with Crippen molar-refractivity contribution in [3.8, 4) is 0 Å². The fourth-order valence-electron chi connectivity index (χ4n) is 0.773. The number of halogens is 1. The minimum Gasteiger partial charge on any atom is -0.444 e. The molecule has 1 heterocycles. The lowest BCUT2D eigenvalue weighted by Gasteiger charge is -2.03. The molecule has 0 unspecified atom stereocenters. The molecule has 0 aromatic carbocycles. The van der Waals surface area contributed by atoms with Crippen molar-refractivity contribution in [2.24, 2.45) is 10.3 Å². The summed E-state index contributed by atoms with van der Waals surface area (Å²) in [5.74, 6) is -0.0131. The summed E-state index contributed by atoms with van der Waals surface area (Å²) in [6.07, 6.45) is 0. The van der Waals surface area contributed by atoms with Crippen LogP contribution in [0.5, 0.6) is 0 Å². The maximum absolute atomic E-state index is 11.4. The van der Waals surface area contributed by atoms with Crippen LogP contribution < -0.4 is 10.7 Å². The van der Waals surface area contributed by atoms with Gasteiger partial charge in [-0.05, 0) is 28.1 Å². The number of rotatable bonds is 4. The van der Waals surface area contributed by atoms with Gasteiger partial charge in [-0.3, -0.25) is 4.79 Å². The first-order chi connectivity index (χ1) is 7.13. The zero-order chi connectivity index (χ0) is 11.3. The molecule has 15 heavy (non-hydrogen) atoms. The van der Waals surface area contributed by atoms with Crippen LogP contribution in [0.1, 0.15) is 10.6 Å². The number of hydrogen-bond donors (Lipinski definition) is 2. The highest BCUT2D eigenvalue weighted by molar-refractivity contribution is 9.10. The van der Waals surface area contributed by atoms with E-state index in [9.17, 15) is 4.79 Å². The highest BCUT2D eigenvalue weighted by Crippen LogP contribution is 2.13. The maximum atomic E-state index is 11.4. The molecule has 0 bridgehead atoms. The van der Waals surface area contributed by atoms with E-state index in [-0.39, 0.29) is 11.6 Å². The van der Waals surface area contributed by atoms with Gasteiger partial charge in [-0.2, -0.15) is 5.11 Å². The van der Waals surface area contributed by atoms with Gasteiger partial charge in [0, 0.05) is 0 Å². The van der Waals surface area contributed by atoms with Crippen molar-refractivity contribution in [3.05, 3.63) is 35.0 Å². The first kappa shape index (κ1) is 11.4. The van der Waals surface area contributed by atoms with Crippen LogP contribution in [0.3, 0.4) is 0 Å². The molecule has 6 nitrogen and oxygen atoms in total. The molecule has 0 radical (unpaired) electrons. The number of hydrogen-bond acceptors (Lipinski definition) is 4. The van der Waals surface area contributed by atoms with Crippen LogP contribution in [-0.4, -0.2) is 13.0 Å². The third kappa shape index (κ3) is 3.55. The summed E-state index contributed by atoms with van der Waals surface area (Å²) in [5, 5.41) is 9.31. The Morgan fingerprint density at radius 3 is 2.87 bits per heavy atom. The summed E-state index contributed by atoms with van der Waals surface area (Å²) < 4.78 is 5.52. The Morgan fingerprint density at radius 2 is 2.33 bits per heavy atom. The van der Waals surface area contributed by atoms with E-state index >= 15 is 0 Å². The van der Waals surface area contributed by atoms with Gasteiger partial charge < -0.3 is 9.73 Å². The van der Waals surface area contributed by atoms with E-state index < -0.39 is 5.91 Å². The minimum absolute atomic E-state index is 0.179. The molecule has 0 atom stereocenters. The van der Waals surface area contributed by atoms with Gasteiger partial charge >= 0.3 is 0 Å². The number of furan rings is 1. The summed E-state index contributed by atoms with van der Waals surface area (Å²) in [6.45, 7) is 3.51. The molecule has 0 aliphatic carbocycles.